The number of hydrogen-bond acceptors (Lipinski definition) is 2. The van der Waals surface area contributed by atoms with Gasteiger partial charge in [-0.1, -0.05) is 15.9 Å². The van der Waals surface area contributed by atoms with Gasteiger partial charge in [-0.05, 0) is 30.7 Å². The maximum atomic E-state index is 11.8. The summed E-state index contributed by atoms with van der Waals surface area (Å²) in [6.45, 7) is 1.80. The van der Waals surface area contributed by atoms with Gasteiger partial charge in [-0.3, -0.25) is 4.79 Å². The van der Waals surface area contributed by atoms with E-state index in [9.17, 15) is 4.79 Å². The maximum Gasteiger partial charge on any atom is 0.235 e. The van der Waals surface area contributed by atoms with Crippen LogP contribution in [-0.2, 0) is 10.2 Å². The van der Waals surface area contributed by atoms with Gasteiger partial charge in [0.15, 0.2) is 0 Å². The molecule has 2 rings (SSSR count). The van der Waals surface area contributed by atoms with Crippen molar-refractivity contribution in [3.05, 3.63) is 28.2 Å². The largest absolute Gasteiger partial charge is 0.325 e. The summed E-state index contributed by atoms with van der Waals surface area (Å²) in [5.41, 5.74) is 0.984. The van der Waals surface area contributed by atoms with Crippen molar-refractivity contribution in [1.29, 1.82) is 5.26 Å². The lowest BCUT2D eigenvalue weighted by Crippen LogP contribution is -2.30. The number of benzene rings is 1. The van der Waals surface area contributed by atoms with Gasteiger partial charge in [-0.15, -0.1) is 0 Å². The highest BCUT2D eigenvalue weighted by atomic mass is 79.9. The molecule has 1 unspecified atom stereocenters. The smallest absolute Gasteiger partial charge is 0.235 e. The monoisotopic (exact) mass is 264 g/mol. The second-order valence-electron chi connectivity index (χ2n) is 3.81. The molecule has 4 heteroatoms. The van der Waals surface area contributed by atoms with E-state index in [-0.39, 0.29) is 12.3 Å². The Morgan fingerprint density at radius 3 is 3.00 bits per heavy atom. The molecule has 1 aliphatic rings. The van der Waals surface area contributed by atoms with Crippen molar-refractivity contribution >= 4 is 27.5 Å². The second kappa shape index (κ2) is 3.35. The number of carbonyl (C=O) groups is 1. The first-order valence-corrected chi connectivity index (χ1v) is 5.35. The first-order valence-electron chi connectivity index (χ1n) is 4.56. The fraction of sp³-hybridized carbons (Fsp3) is 0.273. The van der Waals surface area contributed by atoms with Gasteiger partial charge in [0.1, 0.15) is 0 Å². The lowest BCUT2D eigenvalue weighted by atomic mass is 9.81. The highest BCUT2D eigenvalue weighted by Gasteiger charge is 2.42. The topological polar surface area (TPSA) is 52.9 Å². The lowest BCUT2D eigenvalue weighted by molar-refractivity contribution is -0.120. The first kappa shape index (κ1) is 10.2. The molecule has 0 saturated heterocycles. The molecule has 1 aliphatic heterocycles. The molecule has 1 N–H and O–H groups in total. The minimum atomic E-state index is -0.714. The molecule has 0 aromatic heterocycles. The van der Waals surface area contributed by atoms with Crippen LogP contribution >= 0.6 is 15.9 Å². The van der Waals surface area contributed by atoms with Gasteiger partial charge in [-0.2, -0.15) is 5.26 Å². The van der Waals surface area contributed by atoms with Crippen LogP contribution in [-0.4, -0.2) is 5.91 Å². The number of nitrogens with one attached hydrogen (secondary N) is 1. The van der Waals surface area contributed by atoms with Crippen molar-refractivity contribution in [1.82, 2.24) is 0 Å². The molecule has 0 fully saturated rings. The van der Waals surface area contributed by atoms with Crippen LogP contribution in [0.1, 0.15) is 18.9 Å². The molecule has 0 saturated carbocycles. The molecular weight excluding hydrogens is 256 g/mol. The molecule has 0 aliphatic carbocycles. The standard InChI is InChI=1S/C11H9BrN2O/c1-11(4-5-13)8-6-7(12)2-3-9(8)14-10(11)15/h2-3,6H,4H2,1H3,(H,14,15). The Kier molecular flexibility index (Phi) is 2.28. The molecule has 1 atom stereocenters. The molecule has 1 aromatic rings. The molecule has 0 bridgehead atoms. The third kappa shape index (κ3) is 1.44. The van der Waals surface area contributed by atoms with E-state index < -0.39 is 5.41 Å². The number of carbonyl (C=O) groups excluding carboxylic acids is 1. The molecule has 1 heterocycles. The molecule has 0 radical (unpaired) electrons. The molecule has 1 aromatic carbocycles. The number of rotatable bonds is 1. The first-order chi connectivity index (χ1) is 7.08. The summed E-state index contributed by atoms with van der Waals surface area (Å²) in [7, 11) is 0. The van der Waals surface area contributed by atoms with Crippen LogP contribution in [0.25, 0.3) is 0 Å². The average molecular weight is 265 g/mol. The van der Waals surface area contributed by atoms with Gasteiger partial charge >= 0.3 is 0 Å². The highest BCUT2D eigenvalue weighted by molar-refractivity contribution is 9.10. The fourth-order valence-electron chi connectivity index (χ4n) is 1.80. The zero-order chi connectivity index (χ0) is 11.1. The number of hydrogen-bond donors (Lipinski definition) is 1. The highest BCUT2D eigenvalue weighted by Crippen LogP contribution is 2.40. The van der Waals surface area contributed by atoms with Gasteiger partial charge in [0.25, 0.3) is 0 Å². The fourth-order valence-corrected chi connectivity index (χ4v) is 2.16. The van der Waals surface area contributed by atoms with E-state index in [0.717, 1.165) is 15.7 Å². The minimum absolute atomic E-state index is 0.0999. The third-order valence-electron chi connectivity index (χ3n) is 2.76. The third-order valence-corrected chi connectivity index (χ3v) is 3.25. The Morgan fingerprint density at radius 2 is 2.33 bits per heavy atom. The van der Waals surface area contributed by atoms with Gasteiger partial charge in [0, 0.05) is 10.2 Å². The van der Waals surface area contributed by atoms with Crippen LogP contribution in [0.2, 0.25) is 0 Å². The minimum Gasteiger partial charge on any atom is -0.325 e. The zero-order valence-electron chi connectivity index (χ0n) is 8.17. The van der Waals surface area contributed by atoms with Crippen molar-refractivity contribution in [3.8, 4) is 6.07 Å². The number of anilines is 1. The lowest BCUT2D eigenvalue weighted by Gasteiger charge is -2.17. The van der Waals surface area contributed by atoms with E-state index in [1.807, 2.05) is 18.2 Å². The van der Waals surface area contributed by atoms with Gasteiger partial charge in [0.05, 0.1) is 17.9 Å². The number of halogens is 1. The normalized spacial score (nSPS) is 23.1. The van der Waals surface area contributed by atoms with Crippen molar-refractivity contribution in [2.75, 3.05) is 5.32 Å². The molecular formula is C11H9BrN2O. The van der Waals surface area contributed by atoms with Gasteiger partial charge in [-0.25, -0.2) is 0 Å². The predicted molar refractivity (Wildman–Crippen MR) is 60.4 cm³/mol. The zero-order valence-corrected chi connectivity index (χ0v) is 9.76. The maximum absolute atomic E-state index is 11.8. The van der Waals surface area contributed by atoms with Crippen LogP contribution in [0, 0.1) is 11.3 Å². The summed E-state index contributed by atoms with van der Waals surface area (Å²) in [6, 6.07) is 7.68. The van der Waals surface area contributed by atoms with Crippen LogP contribution < -0.4 is 5.32 Å². The summed E-state index contributed by atoms with van der Waals surface area (Å²) < 4.78 is 0.918. The Hall–Kier alpha value is -1.34. The van der Waals surface area contributed by atoms with E-state index in [1.165, 1.54) is 0 Å². The number of fused-ring (bicyclic) bond motifs is 1. The average Bonchev–Trinajstić information content (AvgIpc) is 2.42. The van der Waals surface area contributed by atoms with E-state index in [4.69, 9.17) is 5.26 Å². The second-order valence-corrected chi connectivity index (χ2v) is 4.73. The Labute approximate surface area is 96.2 Å². The molecule has 15 heavy (non-hydrogen) atoms. The van der Waals surface area contributed by atoms with Gasteiger partial charge < -0.3 is 5.32 Å². The SMILES string of the molecule is CC1(CC#N)C(=O)Nc2ccc(Br)cc21. The Morgan fingerprint density at radius 1 is 1.60 bits per heavy atom. The van der Waals surface area contributed by atoms with Crippen LogP contribution in [0.15, 0.2) is 22.7 Å². The van der Waals surface area contributed by atoms with E-state index in [0.29, 0.717) is 0 Å². The van der Waals surface area contributed by atoms with E-state index >= 15 is 0 Å². The summed E-state index contributed by atoms with van der Waals surface area (Å²) in [6.07, 6.45) is 0.197. The van der Waals surface area contributed by atoms with Crippen molar-refractivity contribution in [2.45, 2.75) is 18.8 Å². The summed E-state index contributed by atoms with van der Waals surface area (Å²) in [5, 5.41) is 11.6. The Balaban J connectivity index is 2.58. The Bertz CT molecular complexity index is 478. The van der Waals surface area contributed by atoms with Crippen LogP contribution in [0.4, 0.5) is 5.69 Å². The molecule has 1 amide bonds. The van der Waals surface area contributed by atoms with Crippen molar-refractivity contribution in [3.63, 3.8) is 0 Å². The molecule has 3 nitrogen and oxygen atoms in total. The molecule has 0 spiro atoms. The summed E-state index contributed by atoms with van der Waals surface area (Å²) in [4.78, 5) is 11.8. The quantitative estimate of drug-likeness (QED) is 0.848. The number of amides is 1. The van der Waals surface area contributed by atoms with E-state index in [1.54, 1.807) is 6.92 Å². The van der Waals surface area contributed by atoms with Crippen molar-refractivity contribution < 1.29 is 4.79 Å². The van der Waals surface area contributed by atoms with Gasteiger partial charge in [0.2, 0.25) is 5.91 Å². The van der Waals surface area contributed by atoms with Crippen LogP contribution in [0.3, 0.4) is 0 Å². The predicted octanol–water partition coefficient (Wildman–Crippen LogP) is 2.57. The van der Waals surface area contributed by atoms with E-state index in [2.05, 4.69) is 27.3 Å². The number of nitrogens with zero attached hydrogens (tertiary/aromatic N) is 1. The van der Waals surface area contributed by atoms with Crippen LogP contribution in [0.5, 0.6) is 0 Å². The summed E-state index contributed by atoms with van der Waals surface area (Å²) >= 11 is 3.37. The molecule has 76 valence electrons. The van der Waals surface area contributed by atoms with Crippen molar-refractivity contribution in [2.24, 2.45) is 0 Å². The summed E-state index contributed by atoms with van der Waals surface area (Å²) in [5.74, 6) is -0.0999. The number of nitriles is 1.